The Labute approximate surface area is 89.1 Å². The van der Waals surface area contributed by atoms with E-state index in [4.69, 9.17) is 0 Å². The zero-order valence-electron chi connectivity index (χ0n) is 10.3. The summed E-state index contributed by atoms with van der Waals surface area (Å²) in [6.45, 7) is 9.23. The lowest BCUT2D eigenvalue weighted by molar-refractivity contribution is 0.0294. The number of hydrogen-bond acceptors (Lipinski definition) is 2. The Kier molecular flexibility index (Phi) is 7.20. The molecule has 0 saturated heterocycles. The molecule has 0 aliphatic heterocycles. The Morgan fingerprint density at radius 2 is 1.71 bits per heavy atom. The van der Waals surface area contributed by atoms with Gasteiger partial charge in [-0.2, -0.15) is 0 Å². The molecule has 0 aliphatic rings. The molecule has 1 atom stereocenters. The van der Waals surface area contributed by atoms with E-state index in [0.717, 1.165) is 25.8 Å². The lowest BCUT2D eigenvalue weighted by Crippen LogP contribution is -2.43. The third kappa shape index (κ3) is 4.97. The summed E-state index contributed by atoms with van der Waals surface area (Å²) < 4.78 is 0. The molecule has 1 unspecified atom stereocenters. The van der Waals surface area contributed by atoms with Crippen LogP contribution in [0.1, 0.15) is 59.8 Å². The van der Waals surface area contributed by atoms with E-state index in [1.54, 1.807) is 0 Å². The molecular weight excluding hydrogens is 174 g/mol. The van der Waals surface area contributed by atoms with E-state index in [1.165, 1.54) is 12.8 Å². The van der Waals surface area contributed by atoms with Crippen LogP contribution in [-0.4, -0.2) is 23.3 Å². The first-order chi connectivity index (χ1) is 6.61. The van der Waals surface area contributed by atoms with E-state index in [1.807, 2.05) is 13.8 Å². The zero-order chi connectivity index (χ0) is 11.0. The summed E-state index contributed by atoms with van der Waals surface area (Å²) in [7, 11) is 0. The van der Waals surface area contributed by atoms with Crippen LogP contribution >= 0.6 is 0 Å². The average molecular weight is 201 g/mol. The topological polar surface area (TPSA) is 32.3 Å². The highest BCUT2D eigenvalue weighted by Gasteiger charge is 2.22. The van der Waals surface area contributed by atoms with Crippen LogP contribution in [0.3, 0.4) is 0 Å². The van der Waals surface area contributed by atoms with Crippen LogP contribution in [0.4, 0.5) is 0 Å². The Bertz CT molecular complexity index is 132. The minimum atomic E-state index is -0.499. The van der Waals surface area contributed by atoms with E-state index < -0.39 is 5.60 Å². The monoisotopic (exact) mass is 201 g/mol. The van der Waals surface area contributed by atoms with Gasteiger partial charge in [0.15, 0.2) is 0 Å². The molecule has 14 heavy (non-hydrogen) atoms. The molecule has 2 heteroatoms. The molecule has 0 aromatic carbocycles. The molecule has 2 N–H and O–H groups in total. The molecule has 2 nitrogen and oxygen atoms in total. The van der Waals surface area contributed by atoms with Gasteiger partial charge in [-0.05, 0) is 25.7 Å². The Morgan fingerprint density at radius 1 is 1.14 bits per heavy atom. The third-order valence-corrected chi connectivity index (χ3v) is 3.17. The predicted octanol–water partition coefficient (Wildman–Crippen LogP) is 2.71. The molecule has 0 fully saturated rings. The Balaban J connectivity index is 3.87. The molecule has 0 saturated carbocycles. The van der Waals surface area contributed by atoms with E-state index in [-0.39, 0.29) is 0 Å². The zero-order valence-corrected chi connectivity index (χ0v) is 10.3. The second kappa shape index (κ2) is 7.24. The normalized spacial score (nSPS) is 14.4. The highest BCUT2D eigenvalue weighted by molar-refractivity contribution is 4.79. The summed E-state index contributed by atoms with van der Waals surface area (Å²) in [5.74, 6) is 0. The van der Waals surface area contributed by atoms with Crippen molar-refractivity contribution >= 4 is 0 Å². The van der Waals surface area contributed by atoms with Gasteiger partial charge in [0.2, 0.25) is 0 Å². The van der Waals surface area contributed by atoms with Crippen LogP contribution in [-0.2, 0) is 0 Å². The second-order valence-corrected chi connectivity index (χ2v) is 4.21. The standard InChI is InChI=1S/C12H27NO/c1-5-9-11(6-2)13-10-12(14,7-3)8-4/h11,13-14H,5-10H2,1-4H3. The maximum absolute atomic E-state index is 10.1. The minimum absolute atomic E-state index is 0.499. The van der Waals surface area contributed by atoms with Crippen molar-refractivity contribution in [2.24, 2.45) is 0 Å². The summed E-state index contributed by atoms with van der Waals surface area (Å²) >= 11 is 0. The fraction of sp³-hybridized carbons (Fsp3) is 1.00. The van der Waals surface area contributed by atoms with E-state index in [2.05, 4.69) is 19.2 Å². The van der Waals surface area contributed by atoms with Gasteiger partial charge in [-0.1, -0.05) is 34.1 Å². The molecule has 0 radical (unpaired) electrons. The highest BCUT2D eigenvalue weighted by atomic mass is 16.3. The van der Waals surface area contributed by atoms with Crippen LogP contribution in [0.2, 0.25) is 0 Å². The summed E-state index contributed by atoms with van der Waals surface area (Å²) in [5, 5.41) is 13.5. The quantitative estimate of drug-likeness (QED) is 0.633. The molecule has 0 spiro atoms. The van der Waals surface area contributed by atoms with Gasteiger partial charge in [0.25, 0.3) is 0 Å². The van der Waals surface area contributed by atoms with Gasteiger partial charge in [0.1, 0.15) is 0 Å². The molecule has 0 heterocycles. The second-order valence-electron chi connectivity index (χ2n) is 4.21. The lowest BCUT2D eigenvalue weighted by Gasteiger charge is -2.28. The number of aliphatic hydroxyl groups is 1. The number of nitrogens with one attached hydrogen (secondary N) is 1. The fourth-order valence-corrected chi connectivity index (χ4v) is 1.63. The summed E-state index contributed by atoms with van der Waals surface area (Å²) in [6.07, 6.45) is 5.23. The maximum atomic E-state index is 10.1. The van der Waals surface area contributed by atoms with Gasteiger partial charge < -0.3 is 10.4 Å². The largest absolute Gasteiger partial charge is 0.389 e. The van der Waals surface area contributed by atoms with Gasteiger partial charge in [-0.15, -0.1) is 0 Å². The minimum Gasteiger partial charge on any atom is -0.389 e. The maximum Gasteiger partial charge on any atom is 0.0766 e. The van der Waals surface area contributed by atoms with Crippen molar-refractivity contribution in [2.75, 3.05) is 6.54 Å². The molecular formula is C12H27NO. The van der Waals surface area contributed by atoms with Crippen molar-refractivity contribution in [3.05, 3.63) is 0 Å². The first-order valence-corrected chi connectivity index (χ1v) is 6.07. The van der Waals surface area contributed by atoms with Crippen molar-refractivity contribution in [1.29, 1.82) is 0 Å². The van der Waals surface area contributed by atoms with Gasteiger partial charge in [-0.3, -0.25) is 0 Å². The summed E-state index contributed by atoms with van der Waals surface area (Å²) in [6, 6.07) is 0.574. The smallest absolute Gasteiger partial charge is 0.0766 e. The molecule has 86 valence electrons. The van der Waals surface area contributed by atoms with Crippen LogP contribution in [0.15, 0.2) is 0 Å². The van der Waals surface area contributed by atoms with Gasteiger partial charge >= 0.3 is 0 Å². The third-order valence-electron chi connectivity index (χ3n) is 3.17. The predicted molar refractivity (Wildman–Crippen MR) is 62.5 cm³/mol. The van der Waals surface area contributed by atoms with Crippen molar-refractivity contribution in [2.45, 2.75) is 71.4 Å². The SMILES string of the molecule is CCCC(CC)NCC(O)(CC)CC. The van der Waals surface area contributed by atoms with Crippen LogP contribution in [0.5, 0.6) is 0 Å². The molecule has 0 aromatic rings. The van der Waals surface area contributed by atoms with Crippen molar-refractivity contribution in [1.82, 2.24) is 5.32 Å². The van der Waals surface area contributed by atoms with Gasteiger partial charge in [0.05, 0.1) is 5.60 Å². The molecule has 0 rings (SSSR count). The number of rotatable bonds is 8. The lowest BCUT2D eigenvalue weighted by atomic mass is 9.96. The van der Waals surface area contributed by atoms with Gasteiger partial charge in [0, 0.05) is 12.6 Å². The van der Waals surface area contributed by atoms with E-state index in [9.17, 15) is 5.11 Å². The van der Waals surface area contributed by atoms with Crippen molar-refractivity contribution in [3.63, 3.8) is 0 Å². The Morgan fingerprint density at radius 3 is 2.07 bits per heavy atom. The fourth-order valence-electron chi connectivity index (χ4n) is 1.63. The first-order valence-electron chi connectivity index (χ1n) is 6.07. The van der Waals surface area contributed by atoms with Crippen molar-refractivity contribution in [3.8, 4) is 0 Å². The van der Waals surface area contributed by atoms with Crippen LogP contribution in [0.25, 0.3) is 0 Å². The van der Waals surface area contributed by atoms with Crippen molar-refractivity contribution < 1.29 is 5.11 Å². The molecule has 0 bridgehead atoms. The van der Waals surface area contributed by atoms with Gasteiger partial charge in [-0.25, -0.2) is 0 Å². The van der Waals surface area contributed by atoms with Crippen LogP contribution < -0.4 is 5.32 Å². The first kappa shape index (κ1) is 13.9. The summed E-state index contributed by atoms with van der Waals surface area (Å²) in [4.78, 5) is 0. The average Bonchev–Trinajstić information content (AvgIpc) is 2.23. The highest BCUT2D eigenvalue weighted by Crippen LogP contribution is 2.14. The molecule has 0 aliphatic carbocycles. The Hall–Kier alpha value is -0.0800. The molecule has 0 amide bonds. The summed E-state index contributed by atoms with van der Waals surface area (Å²) in [5.41, 5.74) is -0.499. The molecule has 0 aromatic heterocycles. The van der Waals surface area contributed by atoms with E-state index >= 15 is 0 Å². The van der Waals surface area contributed by atoms with E-state index in [0.29, 0.717) is 6.04 Å². The van der Waals surface area contributed by atoms with Crippen LogP contribution in [0, 0.1) is 0 Å². The number of hydrogen-bond donors (Lipinski definition) is 2.